The normalized spacial score (nSPS) is 17.0. The predicted molar refractivity (Wildman–Crippen MR) is 125 cm³/mol. The first-order chi connectivity index (χ1) is 16.5. The predicted octanol–water partition coefficient (Wildman–Crippen LogP) is 4.26. The number of anilines is 1. The van der Waals surface area contributed by atoms with Crippen molar-refractivity contribution in [1.29, 1.82) is 0 Å². The maximum atomic E-state index is 14.7. The Bertz CT molecular complexity index is 1380. The molecule has 1 spiro atoms. The lowest BCUT2D eigenvalue weighted by atomic mass is 9.76. The molecule has 4 aromatic rings. The van der Waals surface area contributed by atoms with Gasteiger partial charge in [0.15, 0.2) is 17.5 Å². The molecule has 0 radical (unpaired) electrons. The maximum absolute atomic E-state index is 14.7. The molecular formula is C26H25F2N5O. The van der Waals surface area contributed by atoms with Crippen LogP contribution in [-0.4, -0.2) is 37.8 Å². The summed E-state index contributed by atoms with van der Waals surface area (Å²) in [5, 5.41) is 14.2. The minimum atomic E-state index is -0.933. The molecule has 0 bridgehead atoms. The minimum Gasteiger partial charge on any atom is -0.390 e. The van der Waals surface area contributed by atoms with E-state index in [9.17, 15) is 13.9 Å². The Morgan fingerprint density at radius 2 is 1.91 bits per heavy atom. The van der Waals surface area contributed by atoms with Gasteiger partial charge >= 0.3 is 0 Å². The van der Waals surface area contributed by atoms with Crippen LogP contribution in [0.25, 0.3) is 16.8 Å². The van der Waals surface area contributed by atoms with Crippen LogP contribution in [0.2, 0.25) is 0 Å². The third-order valence-corrected chi connectivity index (χ3v) is 7.40. The van der Waals surface area contributed by atoms with Crippen LogP contribution in [0.4, 0.5) is 14.6 Å². The molecule has 1 saturated heterocycles. The molecule has 2 aliphatic rings. The quantitative estimate of drug-likeness (QED) is 0.494. The number of nitrogens with zero attached hydrogens (tertiary/aromatic N) is 5. The second-order valence-electron chi connectivity index (χ2n) is 9.51. The first kappa shape index (κ1) is 21.2. The van der Waals surface area contributed by atoms with E-state index in [1.165, 1.54) is 23.4 Å². The number of piperidine rings is 1. The monoisotopic (exact) mass is 461 g/mol. The fourth-order valence-corrected chi connectivity index (χ4v) is 5.65. The van der Waals surface area contributed by atoms with E-state index in [-0.39, 0.29) is 17.6 Å². The number of halogens is 2. The van der Waals surface area contributed by atoms with Crippen LogP contribution in [0, 0.1) is 24.0 Å². The van der Waals surface area contributed by atoms with E-state index in [1.807, 2.05) is 12.3 Å². The van der Waals surface area contributed by atoms with Crippen molar-refractivity contribution in [3.05, 3.63) is 76.9 Å². The number of pyridine rings is 1. The molecule has 1 fully saturated rings. The molecule has 174 valence electrons. The van der Waals surface area contributed by atoms with Gasteiger partial charge in [0, 0.05) is 30.5 Å². The molecule has 8 heteroatoms. The number of aliphatic hydroxyl groups excluding tert-OH is 1. The number of fused-ring (bicyclic) bond motifs is 2. The van der Waals surface area contributed by atoms with E-state index >= 15 is 0 Å². The molecule has 0 amide bonds. The van der Waals surface area contributed by atoms with Gasteiger partial charge in [-0.1, -0.05) is 12.1 Å². The Balaban J connectivity index is 1.38. The average molecular weight is 462 g/mol. The van der Waals surface area contributed by atoms with Crippen LogP contribution in [-0.2, 0) is 19.4 Å². The molecule has 4 heterocycles. The van der Waals surface area contributed by atoms with Crippen molar-refractivity contribution in [2.24, 2.45) is 5.41 Å². The van der Waals surface area contributed by atoms with Gasteiger partial charge in [0.1, 0.15) is 5.52 Å². The van der Waals surface area contributed by atoms with Crippen LogP contribution in [0.3, 0.4) is 0 Å². The number of hydrogen-bond acceptors (Lipinski definition) is 5. The zero-order chi connectivity index (χ0) is 23.4. The highest BCUT2D eigenvalue weighted by atomic mass is 19.2. The third-order valence-electron chi connectivity index (χ3n) is 7.40. The number of aryl methyl sites for hydroxylation is 1. The summed E-state index contributed by atoms with van der Waals surface area (Å²) in [4.78, 5) is 11.7. The second kappa shape index (κ2) is 7.84. The molecule has 6 nitrogen and oxygen atoms in total. The fraction of sp³-hybridized carbons (Fsp3) is 0.346. The van der Waals surface area contributed by atoms with Gasteiger partial charge in [-0.3, -0.25) is 4.98 Å². The Kier molecular flexibility index (Phi) is 4.88. The minimum absolute atomic E-state index is 0.1000. The zero-order valence-corrected chi connectivity index (χ0v) is 18.9. The highest BCUT2D eigenvalue weighted by molar-refractivity contribution is 5.76. The van der Waals surface area contributed by atoms with Crippen molar-refractivity contribution in [1.82, 2.24) is 19.6 Å². The van der Waals surface area contributed by atoms with Gasteiger partial charge in [-0.25, -0.2) is 18.3 Å². The van der Waals surface area contributed by atoms with Crippen molar-refractivity contribution in [2.75, 3.05) is 18.0 Å². The lowest BCUT2D eigenvalue weighted by molar-refractivity contribution is 0.231. The number of aromatic nitrogens is 4. The van der Waals surface area contributed by atoms with Crippen LogP contribution < -0.4 is 4.90 Å². The van der Waals surface area contributed by atoms with Crippen LogP contribution >= 0.6 is 0 Å². The van der Waals surface area contributed by atoms with Gasteiger partial charge in [-0.15, -0.1) is 0 Å². The van der Waals surface area contributed by atoms with E-state index in [0.717, 1.165) is 50.7 Å². The first-order valence-electron chi connectivity index (χ1n) is 11.6. The second-order valence-corrected chi connectivity index (χ2v) is 9.51. The number of rotatable bonds is 3. The van der Waals surface area contributed by atoms with Crippen molar-refractivity contribution in [3.63, 3.8) is 0 Å². The van der Waals surface area contributed by atoms with Gasteiger partial charge in [0.25, 0.3) is 0 Å². The zero-order valence-electron chi connectivity index (χ0n) is 18.9. The lowest BCUT2D eigenvalue weighted by Gasteiger charge is -2.40. The molecule has 34 heavy (non-hydrogen) atoms. The summed E-state index contributed by atoms with van der Waals surface area (Å²) in [6.45, 7) is 3.21. The molecule has 1 aromatic carbocycles. The maximum Gasteiger partial charge on any atom is 0.168 e. The van der Waals surface area contributed by atoms with Crippen molar-refractivity contribution < 1.29 is 13.9 Å². The van der Waals surface area contributed by atoms with Gasteiger partial charge < -0.3 is 10.0 Å². The highest BCUT2D eigenvalue weighted by Gasteiger charge is 2.41. The van der Waals surface area contributed by atoms with E-state index in [0.29, 0.717) is 22.6 Å². The topological polar surface area (TPSA) is 66.5 Å². The van der Waals surface area contributed by atoms with Crippen molar-refractivity contribution in [3.8, 4) is 11.3 Å². The largest absolute Gasteiger partial charge is 0.390 e. The van der Waals surface area contributed by atoms with Gasteiger partial charge in [-0.05, 0) is 67.9 Å². The summed E-state index contributed by atoms with van der Waals surface area (Å²) in [5.74, 6) is -1.09. The Morgan fingerprint density at radius 3 is 2.68 bits per heavy atom. The highest BCUT2D eigenvalue weighted by Crippen LogP contribution is 2.45. The van der Waals surface area contributed by atoms with Gasteiger partial charge in [0.2, 0.25) is 0 Å². The van der Waals surface area contributed by atoms with Crippen molar-refractivity contribution >= 4 is 11.3 Å². The first-order valence-corrected chi connectivity index (χ1v) is 11.6. The van der Waals surface area contributed by atoms with Crippen LogP contribution in [0.1, 0.15) is 35.5 Å². The number of benzene rings is 1. The standard InChI is InChI=1S/C26H25F2N5O/c1-16-24(19-5-2-6-20(27)23(19)28)33-22(12-18(15-34)31-33)25(30-16)32-10-7-26(8-11-32)13-17-4-3-9-29-21(17)14-26/h2-6,9,12,34H,7-8,10-11,13-15H2,1H3. The van der Waals surface area contributed by atoms with Crippen LogP contribution in [0.5, 0.6) is 0 Å². The Hall–Kier alpha value is -3.39. The summed E-state index contributed by atoms with van der Waals surface area (Å²) in [6, 6.07) is 10.1. The molecule has 1 aliphatic heterocycles. The average Bonchev–Trinajstić information content (AvgIpc) is 3.43. The number of aliphatic hydroxyl groups is 1. The summed E-state index contributed by atoms with van der Waals surface area (Å²) in [6.07, 6.45) is 6.00. The summed E-state index contributed by atoms with van der Waals surface area (Å²) in [5.41, 5.74) is 4.99. The van der Waals surface area contributed by atoms with E-state index in [1.54, 1.807) is 17.5 Å². The lowest BCUT2D eigenvalue weighted by Crippen LogP contribution is -2.41. The summed E-state index contributed by atoms with van der Waals surface area (Å²) in [7, 11) is 0. The van der Waals surface area contributed by atoms with E-state index < -0.39 is 11.6 Å². The Labute approximate surface area is 195 Å². The van der Waals surface area contributed by atoms with E-state index in [4.69, 9.17) is 4.98 Å². The van der Waals surface area contributed by atoms with E-state index in [2.05, 4.69) is 21.0 Å². The summed E-state index contributed by atoms with van der Waals surface area (Å²) < 4.78 is 30.3. The summed E-state index contributed by atoms with van der Waals surface area (Å²) >= 11 is 0. The van der Waals surface area contributed by atoms with Crippen molar-refractivity contribution in [2.45, 2.75) is 39.2 Å². The van der Waals surface area contributed by atoms with Gasteiger partial charge in [0.05, 0.1) is 23.7 Å². The molecule has 0 unspecified atom stereocenters. The number of hydrogen-bond donors (Lipinski definition) is 1. The molecule has 1 N–H and O–H groups in total. The smallest absolute Gasteiger partial charge is 0.168 e. The Morgan fingerprint density at radius 1 is 1.09 bits per heavy atom. The third kappa shape index (κ3) is 3.27. The van der Waals surface area contributed by atoms with Gasteiger partial charge in [-0.2, -0.15) is 5.10 Å². The molecule has 0 saturated carbocycles. The molecule has 1 aliphatic carbocycles. The molecule has 3 aromatic heterocycles. The fourth-order valence-electron chi connectivity index (χ4n) is 5.65. The van der Waals surface area contributed by atoms with Crippen LogP contribution in [0.15, 0.2) is 42.6 Å². The molecular weight excluding hydrogens is 436 g/mol. The SMILES string of the molecule is Cc1nc(N2CCC3(CC2)Cc2cccnc2C3)c2cc(CO)nn2c1-c1cccc(F)c1F. The molecule has 0 atom stereocenters. The molecule has 6 rings (SSSR count).